The molecule has 0 amide bonds. The average Bonchev–Trinajstić information content (AvgIpc) is 3.20. The molecule has 1 saturated heterocycles. The van der Waals surface area contributed by atoms with E-state index in [9.17, 15) is 23.8 Å². The van der Waals surface area contributed by atoms with Gasteiger partial charge in [0.05, 0.1) is 18.3 Å². The van der Waals surface area contributed by atoms with E-state index >= 15 is 0 Å². The van der Waals surface area contributed by atoms with Crippen molar-refractivity contribution in [2.45, 2.75) is 167 Å². The van der Waals surface area contributed by atoms with E-state index in [1.807, 2.05) is 20.8 Å². The number of carbonyl (C=O) groups is 1. The number of halogens is 2. The SMILES string of the molecule is CCCCCCC(F)(F)C(O)/C=C/[C@@H]1[C@@H](CCCCCCCCC(=O)OC(C)C)[C@@H](O)C[C@H]1OC1CCCCO1. The lowest BCUT2D eigenvalue weighted by atomic mass is 9.87. The van der Waals surface area contributed by atoms with Gasteiger partial charge in [-0.1, -0.05) is 70.4 Å². The Labute approximate surface area is 241 Å². The molecule has 1 saturated carbocycles. The van der Waals surface area contributed by atoms with Crippen LogP contribution in [0.1, 0.15) is 130 Å². The Morgan fingerprint density at radius 3 is 2.42 bits per heavy atom. The van der Waals surface area contributed by atoms with E-state index < -0.39 is 18.1 Å². The van der Waals surface area contributed by atoms with Crippen LogP contribution in [-0.2, 0) is 19.0 Å². The van der Waals surface area contributed by atoms with E-state index in [2.05, 4.69) is 0 Å². The molecule has 1 heterocycles. The Balaban J connectivity index is 1.87. The molecule has 6 atom stereocenters. The van der Waals surface area contributed by atoms with Gasteiger partial charge in [-0.05, 0) is 58.3 Å². The van der Waals surface area contributed by atoms with Crippen molar-refractivity contribution in [1.29, 1.82) is 0 Å². The highest BCUT2D eigenvalue weighted by molar-refractivity contribution is 5.69. The molecule has 6 nitrogen and oxygen atoms in total. The average molecular weight is 575 g/mol. The second-order valence-corrected chi connectivity index (χ2v) is 12.1. The normalized spacial score (nSPS) is 26.6. The van der Waals surface area contributed by atoms with Crippen molar-refractivity contribution in [3.63, 3.8) is 0 Å². The van der Waals surface area contributed by atoms with Gasteiger partial charge in [0.2, 0.25) is 0 Å². The molecule has 0 spiro atoms. The van der Waals surface area contributed by atoms with Crippen LogP contribution < -0.4 is 0 Å². The molecule has 234 valence electrons. The lowest BCUT2D eigenvalue weighted by Crippen LogP contribution is -2.33. The van der Waals surface area contributed by atoms with Crippen molar-refractivity contribution in [3.05, 3.63) is 12.2 Å². The first-order chi connectivity index (χ1) is 19.1. The first-order valence-electron chi connectivity index (χ1n) is 16.0. The van der Waals surface area contributed by atoms with E-state index in [0.29, 0.717) is 25.9 Å². The Hall–Kier alpha value is -1.09. The van der Waals surface area contributed by atoms with E-state index in [1.165, 1.54) is 6.08 Å². The zero-order chi connectivity index (χ0) is 29.4. The molecule has 1 aliphatic heterocycles. The summed E-state index contributed by atoms with van der Waals surface area (Å²) in [5.74, 6) is -3.68. The zero-order valence-corrected chi connectivity index (χ0v) is 25.2. The topological polar surface area (TPSA) is 85.2 Å². The van der Waals surface area contributed by atoms with E-state index in [1.54, 1.807) is 6.08 Å². The van der Waals surface area contributed by atoms with Crippen molar-refractivity contribution in [2.75, 3.05) is 6.61 Å². The lowest BCUT2D eigenvalue weighted by molar-refractivity contribution is -0.193. The minimum absolute atomic E-state index is 0.0763. The predicted molar refractivity (Wildman–Crippen MR) is 153 cm³/mol. The molecule has 0 aromatic heterocycles. The third kappa shape index (κ3) is 13.3. The van der Waals surface area contributed by atoms with E-state index in [0.717, 1.165) is 83.5 Å². The summed E-state index contributed by atoms with van der Waals surface area (Å²) in [5.41, 5.74) is 0. The van der Waals surface area contributed by atoms with Crippen molar-refractivity contribution in [2.24, 2.45) is 11.8 Å². The smallest absolute Gasteiger partial charge is 0.306 e. The summed E-state index contributed by atoms with van der Waals surface area (Å²) < 4.78 is 46.4. The van der Waals surface area contributed by atoms with Crippen LogP contribution >= 0.6 is 0 Å². The molecule has 1 aliphatic carbocycles. The van der Waals surface area contributed by atoms with Crippen LogP contribution in [0, 0.1) is 11.8 Å². The Kier molecular flexibility index (Phi) is 16.8. The van der Waals surface area contributed by atoms with Crippen LogP contribution in [0.4, 0.5) is 8.78 Å². The molecule has 0 aromatic carbocycles. The number of hydrogen-bond acceptors (Lipinski definition) is 6. The molecule has 40 heavy (non-hydrogen) atoms. The highest BCUT2D eigenvalue weighted by Gasteiger charge is 2.43. The molecule has 2 unspecified atom stereocenters. The maximum absolute atomic E-state index is 14.6. The Bertz CT molecular complexity index is 710. The fraction of sp³-hybridized carbons (Fsp3) is 0.906. The van der Waals surface area contributed by atoms with Crippen molar-refractivity contribution in [1.82, 2.24) is 0 Å². The Morgan fingerprint density at radius 1 is 1.05 bits per heavy atom. The molecule has 2 N–H and O–H groups in total. The van der Waals surface area contributed by atoms with Crippen LogP contribution in [-0.4, -0.2) is 59.4 Å². The summed E-state index contributed by atoms with van der Waals surface area (Å²) in [7, 11) is 0. The van der Waals surface area contributed by atoms with Crippen LogP contribution in [0.3, 0.4) is 0 Å². The summed E-state index contributed by atoms with van der Waals surface area (Å²) in [6, 6.07) is 0. The number of ether oxygens (including phenoxy) is 3. The predicted octanol–water partition coefficient (Wildman–Crippen LogP) is 7.49. The van der Waals surface area contributed by atoms with Gasteiger partial charge in [0, 0.05) is 31.8 Å². The van der Waals surface area contributed by atoms with Gasteiger partial charge in [-0.2, -0.15) is 0 Å². The number of alkyl halides is 2. The monoisotopic (exact) mass is 574 g/mol. The van der Waals surface area contributed by atoms with Crippen molar-refractivity contribution in [3.8, 4) is 0 Å². The molecule has 2 fully saturated rings. The number of esters is 1. The first-order valence-corrected chi connectivity index (χ1v) is 16.0. The zero-order valence-electron chi connectivity index (χ0n) is 25.2. The summed E-state index contributed by atoms with van der Waals surface area (Å²) in [5, 5.41) is 21.3. The molecule has 2 aliphatic rings. The van der Waals surface area contributed by atoms with Crippen molar-refractivity contribution < 1.29 is 38.0 Å². The highest BCUT2D eigenvalue weighted by atomic mass is 19.3. The number of unbranched alkanes of at least 4 members (excludes halogenated alkanes) is 8. The number of rotatable bonds is 20. The molecule has 2 rings (SSSR count). The summed E-state index contributed by atoms with van der Waals surface area (Å²) in [4.78, 5) is 11.6. The molecule has 0 bridgehead atoms. The quantitative estimate of drug-likeness (QED) is 0.0890. The lowest BCUT2D eigenvalue weighted by Gasteiger charge is -2.29. The number of aliphatic hydroxyl groups excluding tert-OH is 2. The van der Waals surface area contributed by atoms with Gasteiger partial charge < -0.3 is 24.4 Å². The number of hydrogen-bond donors (Lipinski definition) is 2. The van der Waals surface area contributed by atoms with Gasteiger partial charge in [0.25, 0.3) is 5.92 Å². The van der Waals surface area contributed by atoms with Crippen molar-refractivity contribution >= 4 is 5.97 Å². The van der Waals surface area contributed by atoms with Crippen LogP contribution in [0.15, 0.2) is 12.2 Å². The number of carbonyl (C=O) groups excluding carboxylic acids is 1. The van der Waals surface area contributed by atoms with E-state index in [-0.39, 0.29) is 42.7 Å². The highest BCUT2D eigenvalue weighted by Crippen LogP contribution is 2.40. The standard InChI is InChI=1S/C32H56F2O6/c1-4-5-6-14-21-32(33,34)29(36)20-19-26-25(27(35)23-28(26)40-31-18-13-15-22-38-31)16-11-9-7-8-10-12-17-30(37)39-24(2)3/h19-20,24-29,31,35-36H,4-18,21-23H2,1-3H3/b20-19+/t25-,26-,27+,28-,29?,31?/m1/s1. The van der Waals surface area contributed by atoms with Crippen LogP contribution in [0.5, 0.6) is 0 Å². The van der Waals surface area contributed by atoms with Crippen LogP contribution in [0.25, 0.3) is 0 Å². The van der Waals surface area contributed by atoms with Gasteiger partial charge in [-0.15, -0.1) is 0 Å². The summed E-state index contributed by atoms with van der Waals surface area (Å²) in [6.07, 6.45) is 12.7. The third-order valence-electron chi connectivity index (χ3n) is 8.20. The fourth-order valence-electron chi connectivity index (χ4n) is 5.90. The third-order valence-corrected chi connectivity index (χ3v) is 8.20. The maximum atomic E-state index is 14.6. The first kappa shape index (κ1) is 35.1. The summed E-state index contributed by atoms with van der Waals surface area (Å²) >= 11 is 0. The molecular formula is C32H56F2O6. The molecule has 0 aromatic rings. The Morgan fingerprint density at radius 2 is 1.75 bits per heavy atom. The summed E-state index contributed by atoms with van der Waals surface area (Å²) in [6.45, 7) is 6.38. The van der Waals surface area contributed by atoms with Gasteiger partial charge >= 0.3 is 5.97 Å². The second-order valence-electron chi connectivity index (χ2n) is 12.1. The number of aliphatic hydroxyl groups is 2. The molecule has 0 radical (unpaired) electrons. The van der Waals surface area contributed by atoms with Gasteiger partial charge in [-0.3, -0.25) is 4.79 Å². The van der Waals surface area contributed by atoms with Gasteiger partial charge in [0.15, 0.2) is 6.29 Å². The van der Waals surface area contributed by atoms with Gasteiger partial charge in [0.1, 0.15) is 6.10 Å². The fourth-order valence-corrected chi connectivity index (χ4v) is 5.90. The van der Waals surface area contributed by atoms with Gasteiger partial charge in [-0.25, -0.2) is 8.78 Å². The second kappa shape index (κ2) is 19.2. The maximum Gasteiger partial charge on any atom is 0.306 e. The van der Waals surface area contributed by atoms with Crippen LogP contribution in [0.2, 0.25) is 0 Å². The largest absolute Gasteiger partial charge is 0.463 e. The van der Waals surface area contributed by atoms with E-state index in [4.69, 9.17) is 14.2 Å². The molecular weight excluding hydrogens is 518 g/mol. The minimum atomic E-state index is -3.18. The minimum Gasteiger partial charge on any atom is -0.463 e. The molecule has 8 heteroatoms.